The second-order valence-electron chi connectivity index (χ2n) is 3.10. The first-order valence-electron chi connectivity index (χ1n) is 4.13. The molecule has 76 valence electrons. The van der Waals surface area contributed by atoms with E-state index < -0.39 is 0 Å². The van der Waals surface area contributed by atoms with Gasteiger partial charge >= 0.3 is 0 Å². The summed E-state index contributed by atoms with van der Waals surface area (Å²) in [7, 11) is 1.67. The number of rotatable bonds is 5. The highest BCUT2D eigenvalue weighted by molar-refractivity contribution is 7.80. The first-order chi connectivity index (χ1) is 5.93. The molecule has 0 fully saturated rings. The summed E-state index contributed by atoms with van der Waals surface area (Å²) in [6.07, 6.45) is 0.283. The van der Waals surface area contributed by atoms with E-state index in [1.54, 1.807) is 14.0 Å². The monoisotopic (exact) mass is 204 g/mol. The zero-order valence-corrected chi connectivity index (χ0v) is 8.80. The SMILES string of the molecule is CC(O)CCN(C)C(=O)CC(N)=S. The Labute approximate surface area is 83.7 Å². The van der Waals surface area contributed by atoms with Crippen molar-refractivity contribution in [3.63, 3.8) is 0 Å². The van der Waals surface area contributed by atoms with Crippen molar-refractivity contribution in [2.75, 3.05) is 13.6 Å². The number of nitrogens with zero attached hydrogens (tertiary/aromatic N) is 1. The molecule has 0 saturated heterocycles. The average Bonchev–Trinajstić information content (AvgIpc) is 1.98. The van der Waals surface area contributed by atoms with Crippen molar-refractivity contribution in [3.8, 4) is 0 Å². The summed E-state index contributed by atoms with van der Waals surface area (Å²) in [5.74, 6) is -0.104. The highest BCUT2D eigenvalue weighted by atomic mass is 32.1. The zero-order valence-electron chi connectivity index (χ0n) is 7.99. The van der Waals surface area contributed by atoms with Crippen LogP contribution in [0, 0.1) is 0 Å². The van der Waals surface area contributed by atoms with Crippen molar-refractivity contribution in [1.29, 1.82) is 0 Å². The minimum Gasteiger partial charge on any atom is -0.393 e. The Hall–Kier alpha value is -0.680. The molecule has 0 radical (unpaired) electrons. The maximum Gasteiger partial charge on any atom is 0.229 e. The molecule has 0 aliphatic heterocycles. The summed E-state index contributed by atoms with van der Waals surface area (Å²) in [5.41, 5.74) is 5.22. The van der Waals surface area contributed by atoms with Crippen LogP contribution in [0.15, 0.2) is 0 Å². The molecule has 1 unspecified atom stereocenters. The van der Waals surface area contributed by atoms with Crippen molar-refractivity contribution in [2.45, 2.75) is 25.9 Å². The predicted octanol–water partition coefficient (Wildman–Crippen LogP) is -0.108. The molecule has 13 heavy (non-hydrogen) atoms. The lowest BCUT2D eigenvalue weighted by Crippen LogP contribution is -2.32. The number of hydrogen-bond acceptors (Lipinski definition) is 3. The van der Waals surface area contributed by atoms with Crippen molar-refractivity contribution >= 4 is 23.1 Å². The lowest BCUT2D eigenvalue weighted by molar-refractivity contribution is -0.128. The van der Waals surface area contributed by atoms with Gasteiger partial charge in [0.05, 0.1) is 17.5 Å². The van der Waals surface area contributed by atoms with Crippen molar-refractivity contribution in [1.82, 2.24) is 4.90 Å². The van der Waals surface area contributed by atoms with Crippen LogP contribution in [0.1, 0.15) is 19.8 Å². The largest absolute Gasteiger partial charge is 0.393 e. The minimum absolute atomic E-state index is 0.103. The Morgan fingerprint density at radius 1 is 1.69 bits per heavy atom. The van der Waals surface area contributed by atoms with E-state index in [-0.39, 0.29) is 23.4 Å². The first-order valence-corrected chi connectivity index (χ1v) is 4.54. The molecule has 0 saturated carbocycles. The van der Waals surface area contributed by atoms with Gasteiger partial charge in [0.2, 0.25) is 5.91 Å². The highest BCUT2D eigenvalue weighted by Gasteiger charge is 2.09. The molecule has 1 atom stereocenters. The van der Waals surface area contributed by atoms with Crippen molar-refractivity contribution < 1.29 is 9.90 Å². The van der Waals surface area contributed by atoms with E-state index in [9.17, 15) is 4.79 Å². The van der Waals surface area contributed by atoms with Crippen LogP contribution in [-0.2, 0) is 4.79 Å². The van der Waals surface area contributed by atoms with Crippen LogP contribution < -0.4 is 5.73 Å². The Morgan fingerprint density at radius 2 is 2.23 bits per heavy atom. The fourth-order valence-corrected chi connectivity index (χ4v) is 0.913. The lowest BCUT2D eigenvalue weighted by Gasteiger charge is -2.17. The summed E-state index contributed by atoms with van der Waals surface area (Å²) in [4.78, 5) is 13.0. The third-order valence-corrected chi connectivity index (χ3v) is 1.78. The second kappa shape index (κ2) is 5.88. The van der Waals surface area contributed by atoms with Crippen LogP contribution in [0.3, 0.4) is 0 Å². The number of aliphatic hydroxyl groups is 1. The Morgan fingerprint density at radius 3 is 2.62 bits per heavy atom. The third-order valence-electron chi connectivity index (χ3n) is 1.63. The van der Waals surface area contributed by atoms with Crippen LogP contribution in [0.5, 0.6) is 0 Å². The number of carbonyl (C=O) groups is 1. The quantitative estimate of drug-likeness (QED) is 0.613. The summed E-state index contributed by atoms with van der Waals surface area (Å²) in [6, 6.07) is 0. The maximum atomic E-state index is 11.2. The van der Waals surface area contributed by atoms with Gasteiger partial charge in [0.1, 0.15) is 0 Å². The van der Waals surface area contributed by atoms with Gasteiger partial charge in [0.15, 0.2) is 0 Å². The summed E-state index contributed by atoms with van der Waals surface area (Å²) >= 11 is 4.61. The van der Waals surface area contributed by atoms with Crippen LogP contribution >= 0.6 is 12.2 Å². The predicted molar refractivity (Wildman–Crippen MR) is 55.3 cm³/mol. The fraction of sp³-hybridized carbons (Fsp3) is 0.750. The number of amides is 1. The molecular formula is C8H16N2O2S. The minimum atomic E-state index is -0.389. The molecule has 0 aliphatic carbocycles. The van der Waals surface area contributed by atoms with Crippen LogP contribution in [0.2, 0.25) is 0 Å². The molecule has 3 N–H and O–H groups in total. The van der Waals surface area contributed by atoms with Crippen molar-refractivity contribution in [3.05, 3.63) is 0 Å². The van der Waals surface area contributed by atoms with E-state index in [2.05, 4.69) is 12.2 Å². The van der Waals surface area contributed by atoms with Gasteiger partial charge in [-0.2, -0.15) is 0 Å². The third kappa shape index (κ3) is 6.48. The van der Waals surface area contributed by atoms with E-state index in [0.29, 0.717) is 13.0 Å². The highest BCUT2D eigenvalue weighted by Crippen LogP contribution is 1.96. The number of aliphatic hydroxyl groups excluding tert-OH is 1. The molecule has 0 heterocycles. The topological polar surface area (TPSA) is 66.6 Å². The molecule has 1 amide bonds. The molecule has 0 spiro atoms. The Kier molecular flexibility index (Phi) is 5.57. The average molecular weight is 204 g/mol. The molecule has 0 rings (SSSR count). The molecular weight excluding hydrogens is 188 g/mol. The van der Waals surface area contributed by atoms with Gasteiger partial charge in [0, 0.05) is 13.6 Å². The van der Waals surface area contributed by atoms with Gasteiger partial charge < -0.3 is 15.7 Å². The van der Waals surface area contributed by atoms with E-state index in [4.69, 9.17) is 10.8 Å². The summed E-state index contributed by atoms with van der Waals surface area (Å²) < 4.78 is 0. The van der Waals surface area contributed by atoms with Crippen molar-refractivity contribution in [2.24, 2.45) is 5.73 Å². The summed E-state index contributed by atoms with van der Waals surface area (Å²) in [6.45, 7) is 2.21. The van der Waals surface area contributed by atoms with E-state index in [1.165, 1.54) is 4.90 Å². The molecule has 0 aliphatic rings. The van der Waals surface area contributed by atoms with E-state index in [1.807, 2.05) is 0 Å². The fourth-order valence-electron chi connectivity index (χ4n) is 0.789. The van der Waals surface area contributed by atoms with Gasteiger partial charge in [-0.05, 0) is 13.3 Å². The first kappa shape index (κ1) is 12.3. The number of carbonyl (C=O) groups excluding carboxylic acids is 1. The zero-order chi connectivity index (χ0) is 10.4. The van der Waals surface area contributed by atoms with Crippen LogP contribution in [0.25, 0.3) is 0 Å². The molecule has 4 nitrogen and oxygen atoms in total. The standard InChI is InChI=1S/C8H16N2O2S/c1-6(11)3-4-10(2)8(12)5-7(9)13/h6,11H,3-5H2,1-2H3,(H2,9,13). The molecule has 0 aromatic carbocycles. The molecule has 5 heteroatoms. The normalized spacial score (nSPS) is 12.2. The number of nitrogens with two attached hydrogens (primary N) is 1. The number of hydrogen-bond donors (Lipinski definition) is 2. The van der Waals surface area contributed by atoms with Gasteiger partial charge in [-0.15, -0.1) is 0 Å². The lowest BCUT2D eigenvalue weighted by atomic mass is 10.2. The van der Waals surface area contributed by atoms with Gasteiger partial charge in [0.25, 0.3) is 0 Å². The summed E-state index contributed by atoms with van der Waals surface area (Å²) in [5, 5.41) is 8.98. The Bertz CT molecular complexity index is 195. The van der Waals surface area contributed by atoms with Gasteiger partial charge in [-0.3, -0.25) is 4.79 Å². The molecule has 0 aromatic rings. The van der Waals surface area contributed by atoms with Gasteiger partial charge in [-0.1, -0.05) is 12.2 Å². The number of thiocarbonyl (C=S) groups is 1. The van der Waals surface area contributed by atoms with Crippen LogP contribution in [0.4, 0.5) is 0 Å². The van der Waals surface area contributed by atoms with E-state index in [0.717, 1.165) is 0 Å². The van der Waals surface area contributed by atoms with Crippen LogP contribution in [-0.4, -0.2) is 40.6 Å². The molecule has 0 bridgehead atoms. The molecule has 0 aromatic heterocycles. The second-order valence-corrected chi connectivity index (χ2v) is 3.62. The maximum absolute atomic E-state index is 11.2. The Balaban J connectivity index is 3.76. The smallest absolute Gasteiger partial charge is 0.229 e. The van der Waals surface area contributed by atoms with E-state index >= 15 is 0 Å². The van der Waals surface area contributed by atoms with Gasteiger partial charge in [-0.25, -0.2) is 0 Å².